The summed E-state index contributed by atoms with van der Waals surface area (Å²) in [4.78, 5) is 0. The van der Waals surface area contributed by atoms with E-state index in [1.807, 2.05) is 13.2 Å². The summed E-state index contributed by atoms with van der Waals surface area (Å²) in [7, 11) is 1.90. The van der Waals surface area contributed by atoms with E-state index in [1.165, 1.54) is 11.1 Å². The molecule has 0 aliphatic heterocycles. The Hall–Kier alpha value is -1.16. The van der Waals surface area contributed by atoms with Gasteiger partial charge in [0.05, 0.1) is 5.69 Å². The molecule has 1 atom stereocenters. The molecule has 0 saturated heterocycles. The Morgan fingerprint density at radius 3 is 2.67 bits per heavy atom. The monoisotopic (exact) mass is 307 g/mol. The third-order valence-corrected chi connectivity index (χ3v) is 4.05. The molecule has 18 heavy (non-hydrogen) atoms. The molecule has 0 aliphatic carbocycles. The van der Waals surface area contributed by atoms with Crippen LogP contribution >= 0.6 is 15.9 Å². The topological polar surface area (TPSA) is 30.7 Å². The van der Waals surface area contributed by atoms with Crippen LogP contribution in [-0.4, -0.2) is 20.3 Å². The van der Waals surface area contributed by atoms with Gasteiger partial charge in [0.25, 0.3) is 0 Å². The van der Waals surface area contributed by atoms with E-state index in [-0.39, 0.29) is 0 Å². The molecule has 0 amide bonds. The molecule has 3 nitrogen and oxygen atoms in total. The van der Waals surface area contributed by atoms with Crippen molar-refractivity contribution < 1.29 is 0 Å². The molecule has 0 spiro atoms. The fourth-order valence-corrected chi connectivity index (χ4v) is 2.57. The summed E-state index contributed by atoms with van der Waals surface area (Å²) in [6, 6.07) is 8.57. The van der Waals surface area contributed by atoms with Crippen LogP contribution in [-0.2, 0) is 19.9 Å². The number of benzene rings is 1. The van der Waals surface area contributed by atoms with Gasteiger partial charge in [0, 0.05) is 18.6 Å². The minimum absolute atomic E-state index is 0.558. The van der Waals surface area contributed by atoms with Gasteiger partial charge in [-0.3, -0.25) is 4.68 Å². The number of aryl methyl sites for hydroxylation is 2. The first-order valence-corrected chi connectivity index (χ1v) is 7.27. The highest BCUT2D eigenvalue weighted by Gasteiger charge is 2.12. The fourth-order valence-electron chi connectivity index (χ4n) is 2.12. The summed E-state index contributed by atoms with van der Waals surface area (Å²) >= 11 is 3.61. The van der Waals surface area contributed by atoms with Gasteiger partial charge in [-0.25, -0.2) is 0 Å². The molecule has 1 aromatic heterocycles. The third-order valence-electron chi connectivity index (χ3n) is 3.14. The van der Waals surface area contributed by atoms with Gasteiger partial charge in [-0.2, -0.15) is 0 Å². The van der Waals surface area contributed by atoms with E-state index in [0.29, 0.717) is 5.92 Å². The highest BCUT2D eigenvalue weighted by Crippen LogP contribution is 2.18. The van der Waals surface area contributed by atoms with Crippen LogP contribution in [0.1, 0.15) is 16.8 Å². The van der Waals surface area contributed by atoms with Crippen LogP contribution in [0.2, 0.25) is 0 Å². The minimum atomic E-state index is 0.558. The van der Waals surface area contributed by atoms with Crippen LogP contribution < -0.4 is 0 Å². The lowest BCUT2D eigenvalue weighted by molar-refractivity contribution is 0.580. The van der Waals surface area contributed by atoms with E-state index in [2.05, 4.69) is 57.4 Å². The van der Waals surface area contributed by atoms with E-state index in [1.54, 1.807) is 4.68 Å². The van der Waals surface area contributed by atoms with Crippen LogP contribution in [0.25, 0.3) is 0 Å². The van der Waals surface area contributed by atoms with Crippen LogP contribution in [0.4, 0.5) is 0 Å². The smallest absolute Gasteiger partial charge is 0.0830 e. The molecule has 0 aliphatic rings. The van der Waals surface area contributed by atoms with Crippen molar-refractivity contribution in [3.63, 3.8) is 0 Å². The summed E-state index contributed by atoms with van der Waals surface area (Å²) in [5.41, 5.74) is 3.85. The lowest BCUT2D eigenvalue weighted by Gasteiger charge is -2.14. The Balaban J connectivity index is 2.04. The van der Waals surface area contributed by atoms with E-state index in [4.69, 9.17) is 0 Å². The standard InChI is InChI=1S/C14H18BrN3/c1-11-5-3-4-6-13(11)7-12(9-15)8-14-10-18(2)17-16-14/h3-6,10,12H,7-9H2,1-2H3. The number of hydrogen-bond acceptors (Lipinski definition) is 2. The lowest BCUT2D eigenvalue weighted by atomic mass is 9.94. The predicted octanol–water partition coefficient (Wildman–Crippen LogP) is 2.92. The highest BCUT2D eigenvalue weighted by molar-refractivity contribution is 9.09. The maximum Gasteiger partial charge on any atom is 0.0830 e. The normalized spacial score (nSPS) is 12.6. The molecule has 0 saturated carbocycles. The Bertz CT molecular complexity index is 507. The summed E-state index contributed by atoms with van der Waals surface area (Å²) in [6.45, 7) is 2.17. The second-order valence-corrected chi connectivity index (χ2v) is 5.39. The van der Waals surface area contributed by atoms with Gasteiger partial charge < -0.3 is 0 Å². The Morgan fingerprint density at radius 1 is 1.28 bits per heavy atom. The Labute approximate surface area is 116 Å². The Kier molecular flexibility index (Phi) is 4.53. The molecular weight excluding hydrogens is 290 g/mol. The zero-order valence-corrected chi connectivity index (χ0v) is 12.4. The van der Waals surface area contributed by atoms with E-state index >= 15 is 0 Å². The molecule has 0 radical (unpaired) electrons. The molecule has 1 unspecified atom stereocenters. The third kappa shape index (κ3) is 3.42. The molecule has 0 bridgehead atoms. The van der Waals surface area contributed by atoms with Gasteiger partial charge in [-0.05, 0) is 36.8 Å². The average Bonchev–Trinajstić information content (AvgIpc) is 2.76. The van der Waals surface area contributed by atoms with Crippen molar-refractivity contribution in [3.05, 3.63) is 47.3 Å². The summed E-state index contributed by atoms with van der Waals surface area (Å²) in [6.07, 6.45) is 4.04. The number of rotatable bonds is 5. The summed E-state index contributed by atoms with van der Waals surface area (Å²) in [5, 5.41) is 9.12. The van der Waals surface area contributed by atoms with Crippen molar-refractivity contribution in [3.8, 4) is 0 Å². The van der Waals surface area contributed by atoms with Gasteiger partial charge in [0.2, 0.25) is 0 Å². The number of aromatic nitrogens is 3. The van der Waals surface area contributed by atoms with Crippen molar-refractivity contribution in [2.24, 2.45) is 13.0 Å². The summed E-state index contributed by atoms with van der Waals surface area (Å²) in [5.74, 6) is 0.558. The van der Waals surface area contributed by atoms with Crippen molar-refractivity contribution in [1.29, 1.82) is 0 Å². The van der Waals surface area contributed by atoms with Gasteiger partial charge in [-0.1, -0.05) is 45.4 Å². The minimum Gasteiger partial charge on any atom is -0.255 e. The SMILES string of the molecule is Cc1ccccc1CC(CBr)Cc1cn(C)nn1. The van der Waals surface area contributed by atoms with Crippen LogP contribution in [0, 0.1) is 12.8 Å². The van der Waals surface area contributed by atoms with E-state index in [9.17, 15) is 0 Å². The molecule has 4 heteroatoms. The lowest BCUT2D eigenvalue weighted by Crippen LogP contribution is -2.11. The first-order valence-electron chi connectivity index (χ1n) is 6.14. The maximum atomic E-state index is 4.16. The molecular formula is C14H18BrN3. The maximum absolute atomic E-state index is 4.16. The molecule has 0 N–H and O–H groups in total. The molecule has 0 fully saturated rings. The van der Waals surface area contributed by atoms with Gasteiger partial charge in [-0.15, -0.1) is 5.10 Å². The zero-order valence-electron chi connectivity index (χ0n) is 10.8. The number of nitrogens with zero attached hydrogens (tertiary/aromatic N) is 3. The fraction of sp³-hybridized carbons (Fsp3) is 0.429. The van der Waals surface area contributed by atoms with Crippen molar-refractivity contribution in [2.75, 3.05) is 5.33 Å². The molecule has 2 aromatic rings. The molecule has 1 heterocycles. The predicted molar refractivity (Wildman–Crippen MR) is 76.9 cm³/mol. The Morgan fingerprint density at radius 2 is 2.06 bits per heavy atom. The second kappa shape index (κ2) is 6.14. The van der Waals surface area contributed by atoms with Crippen LogP contribution in [0.3, 0.4) is 0 Å². The first kappa shape index (κ1) is 13.3. The molecule has 2 rings (SSSR count). The van der Waals surface area contributed by atoms with Gasteiger partial charge in [0.1, 0.15) is 0 Å². The van der Waals surface area contributed by atoms with Crippen molar-refractivity contribution in [2.45, 2.75) is 19.8 Å². The zero-order chi connectivity index (χ0) is 13.0. The first-order chi connectivity index (χ1) is 8.69. The van der Waals surface area contributed by atoms with Crippen molar-refractivity contribution in [1.82, 2.24) is 15.0 Å². The second-order valence-electron chi connectivity index (χ2n) is 4.74. The van der Waals surface area contributed by atoms with Gasteiger partial charge in [0.15, 0.2) is 0 Å². The highest BCUT2D eigenvalue weighted by atomic mass is 79.9. The van der Waals surface area contributed by atoms with E-state index in [0.717, 1.165) is 23.9 Å². The van der Waals surface area contributed by atoms with Crippen LogP contribution in [0.15, 0.2) is 30.5 Å². The average molecular weight is 308 g/mol. The molecule has 96 valence electrons. The van der Waals surface area contributed by atoms with Crippen LogP contribution in [0.5, 0.6) is 0 Å². The molecule has 1 aromatic carbocycles. The number of alkyl halides is 1. The van der Waals surface area contributed by atoms with Crippen molar-refractivity contribution >= 4 is 15.9 Å². The largest absolute Gasteiger partial charge is 0.255 e. The van der Waals surface area contributed by atoms with Gasteiger partial charge >= 0.3 is 0 Å². The number of hydrogen-bond donors (Lipinski definition) is 0. The quantitative estimate of drug-likeness (QED) is 0.795. The van der Waals surface area contributed by atoms with E-state index < -0.39 is 0 Å². The number of halogens is 1. The summed E-state index contributed by atoms with van der Waals surface area (Å²) < 4.78 is 1.76.